The summed E-state index contributed by atoms with van der Waals surface area (Å²) in [6, 6.07) is 9.47. The smallest absolute Gasteiger partial charge is 0.284 e. The van der Waals surface area contributed by atoms with Gasteiger partial charge in [-0.3, -0.25) is 14.9 Å². The molecule has 0 radical (unpaired) electrons. The number of ether oxygens (including phenoxy) is 1. The predicted octanol–water partition coefficient (Wildman–Crippen LogP) is 4.11. The van der Waals surface area contributed by atoms with Crippen molar-refractivity contribution < 1.29 is 14.5 Å². The van der Waals surface area contributed by atoms with Crippen LogP contribution in [0.25, 0.3) is 0 Å². The zero-order valence-corrected chi connectivity index (χ0v) is 14.9. The second-order valence-corrected chi connectivity index (χ2v) is 6.55. The molecule has 0 heterocycles. The van der Waals surface area contributed by atoms with Crippen molar-refractivity contribution in [1.82, 2.24) is 4.90 Å². The molecule has 0 N–H and O–H groups in total. The largest absolute Gasteiger partial charge is 0.497 e. The van der Waals surface area contributed by atoms with Gasteiger partial charge in [0.2, 0.25) is 0 Å². The van der Waals surface area contributed by atoms with Crippen LogP contribution in [0, 0.1) is 10.1 Å². The highest BCUT2D eigenvalue weighted by Crippen LogP contribution is 2.39. The number of hydrogen-bond acceptors (Lipinski definition) is 5. The molecule has 2 aromatic rings. The number of halogens is 1. The molecule has 2 rings (SSSR count). The second-order valence-electron chi connectivity index (χ2n) is 5.03. The Morgan fingerprint density at radius 1 is 1.21 bits per heavy atom. The van der Waals surface area contributed by atoms with Crippen molar-refractivity contribution in [3.8, 4) is 5.75 Å². The van der Waals surface area contributed by atoms with E-state index in [1.165, 1.54) is 18.1 Å². The first-order chi connectivity index (χ1) is 11.3. The van der Waals surface area contributed by atoms with Gasteiger partial charge in [0, 0.05) is 30.1 Å². The Morgan fingerprint density at radius 3 is 2.46 bits per heavy atom. The van der Waals surface area contributed by atoms with Crippen molar-refractivity contribution in [2.24, 2.45) is 0 Å². The molecular formula is C16H15ClN2O4S. The number of carbonyl (C=O) groups excluding carboxylic acids is 1. The van der Waals surface area contributed by atoms with Crippen LogP contribution < -0.4 is 4.74 Å². The minimum atomic E-state index is -0.495. The third-order valence-electron chi connectivity index (χ3n) is 3.16. The van der Waals surface area contributed by atoms with Crippen LogP contribution in [0.15, 0.2) is 46.2 Å². The summed E-state index contributed by atoms with van der Waals surface area (Å²) in [4.78, 5) is 25.6. The number of nitro groups is 1. The molecule has 0 aromatic heterocycles. The maximum Gasteiger partial charge on any atom is 0.284 e. The molecule has 0 saturated carbocycles. The highest BCUT2D eigenvalue weighted by molar-refractivity contribution is 7.99. The monoisotopic (exact) mass is 366 g/mol. The number of nitrogens with zero attached hydrogens (tertiary/aromatic N) is 2. The molecule has 8 heteroatoms. The van der Waals surface area contributed by atoms with Gasteiger partial charge in [-0.1, -0.05) is 23.4 Å². The standard InChI is InChI=1S/C16H15ClN2O4S/c1-18(2)16(20)12-9-11(23-3)5-7-14(12)24-15-6-4-10(17)8-13(15)19(21)22/h4-9H,1-3H3. The minimum absolute atomic E-state index is 0.105. The molecule has 24 heavy (non-hydrogen) atoms. The first-order valence-electron chi connectivity index (χ1n) is 6.85. The van der Waals surface area contributed by atoms with Gasteiger partial charge >= 0.3 is 0 Å². The molecule has 6 nitrogen and oxygen atoms in total. The van der Waals surface area contributed by atoms with Gasteiger partial charge in [-0.25, -0.2) is 0 Å². The number of amides is 1. The summed E-state index contributed by atoms with van der Waals surface area (Å²) in [5, 5.41) is 11.5. The van der Waals surface area contributed by atoms with E-state index in [2.05, 4.69) is 0 Å². The molecule has 0 bridgehead atoms. The lowest BCUT2D eigenvalue weighted by Gasteiger charge is -2.15. The molecule has 126 valence electrons. The van der Waals surface area contributed by atoms with E-state index >= 15 is 0 Å². The molecular weight excluding hydrogens is 352 g/mol. The van der Waals surface area contributed by atoms with Crippen molar-refractivity contribution in [3.05, 3.63) is 57.1 Å². The fourth-order valence-corrected chi connectivity index (χ4v) is 3.14. The summed E-state index contributed by atoms with van der Waals surface area (Å²) >= 11 is 6.98. The molecule has 1 amide bonds. The van der Waals surface area contributed by atoms with Crippen LogP contribution in [0.4, 0.5) is 5.69 Å². The highest BCUT2D eigenvalue weighted by Gasteiger charge is 2.20. The number of nitro benzene ring substituents is 1. The SMILES string of the molecule is COc1ccc(Sc2ccc(Cl)cc2[N+](=O)[O-])c(C(=O)N(C)C)c1. The zero-order chi connectivity index (χ0) is 17.9. The Labute approximate surface area is 148 Å². The van der Waals surface area contributed by atoms with Gasteiger partial charge in [-0.2, -0.15) is 0 Å². The lowest BCUT2D eigenvalue weighted by Crippen LogP contribution is -2.22. The van der Waals surface area contributed by atoms with Gasteiger partial charge in [0.15, 0.2) is 0 Å². The maximum absolute atomic E-state index is 12.4. The molecule has 2 aromatic carbocycles. The van der Waals surface area contributed by atoms with Gasteiger partial charge in [-0.15, -0.1) is 0 Å². The fraction of sp³-hybridized carbons (Fsp3) is 0.188. The third-order valence-corrected chi connectivity index (χ3v) is 4.54. The maximum atomic E-state index is 12.4. The number of methoxy groups -OCH3 is 1. The van der Waals surface area contributed by atoms with Crippen LogP contribution in [0.5, 0.6) is 5.75 Å². The molecule has 0 fully saturated rings. The number of benzene rings is 2. The average Bonchev–Trinajstić information content (AvgIpc) is 2.55. The summed E-state index contributed by atoms with van der Waals surface area (Å²) in [6.45, 7) is 0. The molecule has 0 unspecified atom stereocenters. The van der Waals surface area contributed by atoms with Gasteiger partial charge < -0.3 is 9.64 Å². The Morgan fingerprint density at radius 2 is 1.88 bits per heavy atom. The Balaban J connectivity index is 2.50. The lowest BCUT2D eigenvalue weighted by molar-refractivity contribution is -0.387. The van der Waals surface area contributed by atoms with E-state index in [4.69, 9.17) is 16.3 Å². The second kappa shape index (κ2) is 7.55. The molecule has 0 atom stereocenters. The van der Waals surface area contributed by atoms with E-state index in [0.29, 0.717) is 21.1 Å². The fourth-order valence-electron chi connectivity index (χ4n) is 1.97. The quantitative estimate of drug-likeness (QED) is 0.588. The van der Waals surface area contributed by atoms with Crippen LogP contribution >= 0.6 is 23.4 Å². The van der Waals surface area contributed by atoms with Crippen molar-refractivity contribution >= 4 is 35.0 Å². The van der Waals surface area contributed by atoms with Gasteiger partial charge in [0.1, 0.15) is 5.75 Å². The number of rotatable bonds is 5. The first-order valence-corrected chi connectivity index (χ1v) is 8.04. The van der Waals surface area contributed by atoms with E-state index < -0.39 is 4.92 Å². The van der Waals surface area contributed by atoms with Gasteiger partial charge in [0.05, 0.1) is 22.5 Å². The summed E-state index contributed by atoms with van der Waals surface area (Å²) in [5.74, 6) is 0.322. The van der Waals surface area contributed by atoms with Crippen molar-refractivity contribution in [2.75, 3.05) is 21.2 Å². The van der Waals surface area contributed by atoms with Crippen LogP contribution in [-0.4, -0.2) is 36.9 Å². The summed E-state index contributed by atoms with van der Waals surface area (Å²) in [7, 11) is 4.79. The average molecular weight is 367 g/mol. The van der Waals surface area contributed by atoms with Crippen molar-refractivity contribution in [1.29, 1.82) is 0 Å². The Bertz CT molecular complexity index is 796. The first kappa shape index (κ1) is 18.1. The number of hydrogen-bond donors (Lipinski definition) is 0. The molecule has 0 aliphatic carbocycles. The topological polar surface area (TPSA) is 72.7 Å². The molecule has 0 aliphatic heterocycles. The third kappa shape index (κ3) is 3.98. The minimum Gasteiger partial charge on any atom is -0.497 e. The Kier molecular flexibility index (Phi) is 5.69. The van der Waals surface area contributed by atoms with Crippen molar-refractivity contribution in [3.63, 3.8) is 0 Å². The predicted molar refractivity (Wildman–Crippen MR) is 93.2 cm³/mol. The zero-order valence-electron chi connectivity index (χ0n) is 13.3. The van der Waals surface area contributed by atoms with Crippen LogP contribution in [-0.2, 0) is 0 Å². The molecule has 0 aliphatic rings. The van der Waals surface area contributed by atoms with E-state index in [1.807, 2.05) is 0 Å². The summed E-state index contributed by atoms with van der Waals surface area (Å²) in [6.07, 6.45) is 0. The lowest BCUT2D eigenvalue weighted by atomic mass is 10.2. The Hall–Kier alpha value is -2.25. The van der Waals surface area contributed by atoms with E-state index in [1.54, 1.807) is 44.4 Å². The van der Waals surface area contributed by atoms with Gasteiger partial charge in [0.25, 0.3) is 11.6 Å². The summed E-state index contributed by atoms with van der Waals surface area (Å²) in [5.41, 5.74) is 0.306. The van der Waals surface area contributed by atoms with Crippen LogP contribution in [0.3, 0.4) is 0 Å². The van der Waals surface area contributed by atoms with Crippen LogP contribution in [0.2, 0.25) is 5.02 Å². The normalized spacial score (nSPS) is 10.3. The van der Waals surface area contributed by atoms with Crippen LogP contribution in [0.1, 0.15) is 10.4 Å². The summed E-state index contributed by atoms with van der Waals surface area (Å²) < 4.78 is 5.16. The molecule has 0 saturated heterocycles. The van der Waals surface area contributed by atoms with Crippen molar-refractivity contribution in [2.45, 2.75) is 9.79 Å². The van der Waals surface area contributed by atoms with E-state index in [9.17, 15) is 14.9 Å². The van der Waals surface area contributed by atoms with E-state index in [0.717, 1.165) is 11.8 Å². The van der Waals surface area contributed by atoms with E-state index in [-0.39, 0.29) is 16.6 Å². The molecule has 0 spiro atoms. The number of carbonyl (C=O) groups is 1. The van der Waals surface area contributed by atoms with Gasteiger partial charge in [-0.05, 0) is 30.3 Å². The highest BCUT2D eigenvalue weighted by atomic mass is 35.5.